The van der Waals surface area contributed by atoms with E-state index >= 15 is 0 Å². The molecule has 0 heterocycles. The van der Waals surface area contributed by atoms with Crippen LogP contribution >= 0.6 is 0 Å². The van der Waals surface area contributed by atoms with Crippen molar-refractivity contribution in [2.24, 2.45) is 0 Å². The van der Waals surface area contributed by atoms with Crippen molar-refractivity contribution in [2.75, 3.05) is 13.2 Å². The van der Waals surface area contributed by atoms with Crippen LogP contribution in [0.25, 0.3) is 0 Å². The maximum atomic E-state index is 11.8. The first-order valence-electron chi connectivity index (χ1n) is 9.65. The fraction of sp³-hybridized carbons (Fsp3) is 0.417. The zero-order valence-electron chi connectivity index (χ0n) is 18.1. The third kappa shape index (κ3) is 7.26. The van der Waals surface area contributed by atoms with E-state index < -0.39 is 11.9 Å². The lowest BCUT2D eigenvalue weighted by Gasteiger charge is -2.19. The van der Waals surface area contributed by atoms with Crippen LogP contribution in [-0.4, -0.2) is 25.2 Å². The minimum absolute atomic E-state index is 0.0386. The van der Waals surface area contributed by atoms with Crippen molar-refractivity contribution in [3.05, 3.63) is 59.7 Å². The smallest absolute Gasteiger partial charge is 0.351 e. The minimum atomic E-state index is -0.762. The molecule has 0 saturated heterocycles. The molecule has 156 valence electrons. The summed E-state index contributed by atoms with van der Waals surface area (Å²) in [6, 6.07) is 15.0. The van der Waals surface area contributed by atoms with Crippen LogP contribution in [0.4, 0.5) is 0 Å². The lowest BCUT2D eigenvalue weighted by molar-refractivity contribution is -0.162. The first-order valence-corrected chi connectivity index (χ1v) is 9.65. The quantitative estimate of drug-likeness (QED) is 0.516. The van der Waals surface area contributed by atoms with Gasteiger partial charge in [0, 0.05) is 0 Å². The van der Waals surface area contributed by atoms with Crippen molar-refractivity contribution in [1.29, 1.82) is 0 Å². The van der Waals surface area contributed by atoms with Crippen LogP contribution in [0.1, 0.15) is 52.7 Å². The molecule has 2 aromatic carbocycles. The molecule has 0 unspecified atom stereocenters. The second-order valence-electron chi connectivity index (χ2n) is 8.97. The normalized spacial score (nSPS) is 11.7. The minimum Gasteiger partial charge on any atom is -0.482 e. The molecule has 0 aliphatic heterocycles. The van der Waals surface area contributed by atoms with Gasteiger partial charge in [0.25, 0.3) is 0 Å². The van der Waals surface area contributed by atoms with Crippen LogP contribution in [0.15, 0.2) is 48.5 Å². The van der Waals surface area contributed by atoms with Gasteiger partial charge in [-0.05, 0) is 46.2 Å². The molecule has 29 heavy (non-hydrogen) atoms. The van der Waals surface area contributed by atoms with E-state index in [-0.39, 0.29) is 24.0 Å². The standard InChI is InChI=1S/C24H30O5/c1-23(2,3)17-7-11-19(12-8-17)27-15-21(25)29-22(26)16-28-20-13-9-18(10-14-20)24(4,5)6/h7-14H,15-16H2,1-6H3. The molecule has 0 saturated carbocycles. The van der Waals surface area contributed by atoms with Gasteiger partial charge in [0.2, 0.25) is 0 Å². The fourth-order valence-corrected chi connectivity index (χ4v) is 2.57. The van der Waals surface area contributed by atoms with Crippen LogP contribution in [-0.2, 0) is 25.2 Å². The van der Waals surface area contributed by atoms with Crippen LogP contribution in [0, 0.1) is 0 Å². The molecule has 0 amide bonds. The number of carbonyl (C=O) groups excluding carboxylic acids is 2. The number of hydrogen-bond acceptors (Lipinski definition) is 5. The average molecular weight is 398 g/mol. The second-order valence-corrected chi connectivity index (χ2v) is 8.97. The molecule has 0 fully saturated rings. The zero-order valence-corrected chi connectivity index (χ0v) is 18.1. The lowest BCUT2D eigenvalue weighted by Crippen LogP contribution is -2.23. The number of esters is 2. The van der Waals surface area contributed by atoms with Crippen molar-refractivity contribution >= 4 is 11.9 Å². The fourth-order valence-electron chi connectivity index (χ4n) is 2.57. The number of hydrogen-bond donors (Lipinski definition) is 0. The summed E-state index contributed by atoms with van der Waals surface area (Å²) < 4.78 is 15.5. The Hall–Kier alpha value is -2.82. The first kappa shape index (κ1) is 22.5. The van der Waals surface area contributed by atoms with E-state index in [0.29, 0.717) is 11.5 Å². The molecule has 0 radical (unpaired) electrons. The van der Waals surface area contributed by atoms with E-state index in [0.717, 1.165) is 11.1 Å². The van der Waals surface area contributed by atoms with Crippen molar-refractivity contribution in [1.82, 2.24) is 0 Å². The van der Waals surface area contributed by atoms with Gasteiger partial charge in [-0.2, -0.15) is 0 Å². The molecule has 0 aromatic heterocycles. The summed E-state index contributed by atoms with van der Waals surface area (Å²) >= 11 is 0. The van der Waals surface area contributed by atoms with E-state index in [1.165, 1.54) is 0 Å². The zero-order chi connectivity index (χ0) is 21.7. The molecule has 2 rings (SSSR count). The van der Waals surface area contributed by atoms with E-state index in [1.807, 2.05) is 24.3 Å². The summed E-state index contributed by atoms with van der Waals surface area (Å²) in [5.74, 6) is -0.446. The molecule has 0 aliphatic rings. The number of benzene rings is 2. The highest BCUT2D eigenvalue weighted by atomic mass is 16.6. The molecular formula is C24H30O5. The van der Waals surface area contributed by atoms with Crippen molar-refractivity contribution in [3.8, 4) is 11.5 Å². The van der Waals surface area contributed by atoms with Crippen molar-refractivity contribution in [3.63, 3.8) is 0 Å². The third-order valence-electron chi connectivity index (χ3n) is 4.38. The molecule has 5 heteroatoms. The monoisotopic (exact) mass is 398 g/mol. The van der Waals surface area contributed by atoms with Gasteiger partial charge >= 0.3 is 11.9 Å². The second kappa shape index (κ2) is 9.12. The topological polar surface area (TPSA) is 61.8 Å². The van der Waals surface area contributed by atoms with E-state index in [1.54, 1.807) is 24.3 Å². The third-order valence-corrected chi connectivity index (χ3v) is 4.38. The van der Waals surface area contributed by atoms with Crippen molar-refractivity contribution in [2.45, 2.75) is 52.4 Å². The van der Waals surface area contributed by atoms with Gasteiger partial charge in [-0.3, -0.25) is 0 Å². The molecular weight excluding hydrogens is 368 g/mol. The van der Waals surface area contributed by atoms with Crippen molar-refractivity contribution < 1.29 is 23.8 Å². The number of rotatable bonds is 6. The summed E-state index contributed by atoms with van der Waals surface area (Å²) in [5, 5.41) is 0. The Morgan fingerprint density at radius 2 is 0.931 bits per heavy atom. The number of ether oxygens (including phenoxy) is 3. The van der Waals surface area contributed by atoms with Gasteiger partial charge in [-0.25, -0.2) is 9.59 Å². The molecule has 5 nitrogen and oxygen atoms in total. The van der Waals surface area contributed by atoms with Gasteiger partial charge in [-0.1, -0.05) is 65.8 Å². The maximum absolute atomic E-state index is 11.8. The highest BCUT2D eigenvalue weighted by Gasteiger charge is 2.16. The highest BCUT2D eigenvalue weighted by molar-refractivity contribution is 5.86. The molecule has 0 bridgehead atoms. The summed E-state index contributed by atoms with van der Waals surface area (Å²) in [6.07, 6.45) is 0. The summed E-state index contributed by atoms with van der Waals surface area (Å²) in [7, 11) is 0. The summed E-state index contributed by atoms with van der Waals surface area (Å²) in [4.78, 5) is 23.6. The van der Waals surface area contributed by atoms with Gasteiger partial charge < -0.3 is 14.2 Å². The largest absolute Gasteiger partial charge is 0.482 e. The average Bonchev–Trinajstić information content (AvgIpc) is 2.64. The van der Waals surface area contributed by atoms with E-state index in [9.17, 15) is 9.59 Å². The molecule has 2 aromatic rings. The first-order chi connectivity index (χ1) is 13.4. The molecule has 0 N–H and O–H groups in total. The van der Waals surface area contributed by atoms with E-state index in [4.69, 9.17) is 14.2 Å². The van der Waals surface area contributed by atoms with Gasteiger partial charge in [-0.15, -0.1) is 0 Å². The van der Waals surface area contributed by atoms with Crippen LogP contribution in [0.2, 0.25) is 0 Å². The van der Waals surface area contributed by atoms with E-state index in [2.05, 4.69) is 41.5 Å². The predicted molar refractivity (Wildman–Crippen MR) is 112 cm³/mol. The summed E-state index contributed by atoms with van der Waals surface area (Å²) in [6.45, 7) is 12.0. The predicted octanol–water partition coefficient (Wildman–Crippen LogP) is 4.81. The van der Waals surface area contributed by atoms with Gasteiger partial charge in [0.15, 0.2) is 13.2 Å². The van der Waals surface area contributed by atoms with Gasteiger partial charge in [0.05, 0.1) is 0 Å². The Morgan fingerprint density at radius 1 is 0.621 bits per heavy atom. The molecule has 0 aliphatic carbocycles. The Bertz CT molecular complexity index is 750. The number of carbonyl (C=O) groups is 2. The molecule has 0 atom stereocenters. The maximum Gasteiger partial charge on any atom is 0.351 e. The van der Waals surface area contributed by atoms with Crippen LogP contribution < -0.4 is 9.47 Å². The Kier molecular flexibility index (Phi) is 7.07. The van der Waals surface area contributed by atoms with Crippen LogP contribution in [0.3, 0.4) is 0 Å². The lowest BCUT2D eigenvalue weighted by atomic mass is 9.87. The van der Waals surface area contributed by atoms with Crippen LogP contribution in [0.5, 0.6) is 11.5 Å². The highest BCUT2D eigenvalue weighted by Crippen LogP contribution is 2.25. The Morgan fingerprint density at radius 3 is 1.21 bits per heavy atom. The van der Waals surface area contributed by atoms with Gasteiger partial charge in [0.1, 0.15) is 11.5 Å². The molecule has 0 spiro atoms. The SMILES string of the molecule is CC(C)(C)c1ccc(OCC(=O)OC(=O)COc2ccc(C(C)(C)C)cc2)cc1. The Labute approximate surface area is 173 Å². The summed E-state index contributed by atoms with van der Waals surface area (Å²) in [5.41, 5.74) is 2.40. The Balaban J connectivity index is 1.75.